The van der Waals surface area contributed by atoms with E-state index in [1.165, 1.54) is 15.8 Å². The first kappa shape index (κ1) is 13.6. The lowest BCUT2D eigenvalue weighted by atomic mass is 9.96. The average Bonchev–Trinajstić information content (AvgIpc) is 2.85. The molecule has 0 aliphatic heterocycles. The molecule has 1 atom stereocenters. The van der Waals surface area contributed by atoms with E-state index in [4.69, 9.17) is 11.6 Å². The number of alkyl halides is 1. The second kappa shape index (κ2) is 6.35. The first-order valence-electron chi connectivity index (χ1n) is 6.12. The Hall–Kier alpha value is -0.860. The highest BCUT2D eigenvalue weighted by Crippen LogP contribution is 2.28. The van der Waals surface area contributed by atoms with Crippen LogP contribution in [0.1, 0.15) is 28.2 Å². The maximum atomic E-state index is 13.7. The molecule has 96 valence electrons. The highest BCUT2D eigenvalue weighted by atomic mass is 35.5. The number of rotatable bonds is 5. The van der Waals surface area contributed by atoms with Gasteiger partial charge in [0, 0.05) is 21.6 Å². The third kappa shape index (κ3) is 3.12. The molecule has 0 saturated carbocycles. The summed E-state index contributed by atoms with van der Waals surface area (Å²) in [6, 6.07) is 11.2. The van der Waals surface area contributed by atoms with Crippen molar-refractivity contribution in [3.8, 4) is 0 Å². The molecule has 0 nitrogen and oxygen atoms in total. The van der Waals surface area contributed by atoms with Gasteiger partial charge in [-0.1, -0.05) is 25.1 Å². The Labute approximate surface area is 116 Å². The van der Waals surface area contributed by atoms with Crippen LogP contribution >= 0.6 is 22.9 Å². The van der Waals surface area contributed by atoms with Gasteiger partial charge in [-0.05, 0) is 36.6 Å². The molecule has 1 heterocycles. The van der Waals surface area contributed by atoms with Crippen LogP contribution in [0.15, 0.2) is 36.4 Å². The molecule has 0 aliphatic rings. The summed E-state index contributed by atoms with van der Waals surface area (Å²) in [6.45, 7) is 2.14. The summed E-state index contributed by atoms with van der Waals surface area (Å²) in [5, 5.41) is 0. The number of hydrogen-bond donors (Lipinski definition) is 0. The van der Waals surface area contributed by atoms with Crippen molar-refractivity contribution in [1.29, 1.82) is 0 Å². The van der Waals surface area contributed by atoms with Gasteiger partial charge in [-0.3, -0.25) is 0 Å². The number of aryl methyl sites for hydroxylation is 1. The summed E-state index contributed by atoms with van der Waals surface area (Å²) < 4.78 is 13.7. The molecular formula is C15H16ClFS. The Morgan fingerprint density at radius 3 is 2.50 bits per heavy atom. The van der Waals surface area contributed by atoms with Gasteiger partial charge >= 0.3 is 0 Å². The second-order valence-electron chi connectivity index (χ2n) is 4.30. The van der Waals surface area contributed by atoms with Gasteiger partial charge in [0.05, 0.1) is 0 Å². The SMILES string of the molecule is CCc1ccc(CC(CCl)c2ccccc2F)s1. The van der Waals surface area contributed by atoms with Crippen molar-refractivity contribution in [1.82, 2.24) is 0 Å². The van der Waals surface area contributed by atoms with Gasteiger partial charge < -0.3 is 0 Å². The molecular weight excluding hydrogens is 267 g/mol. The molecule has 0 bridgehead atoms. The topological polar surface area (TPSA) is 0 Å². The Bertz CT molecular complexity index is 507. The van der Waals surface area contributed by atoms with E-state index in [1.54, 1.807) is 17.4 Å². The van der Waals surface area contributed by atoms with Crippen molar-refractivity contribution in [2.45, 2.75) is 25.7 Å². The minimum absolute atomic E-state index is 0.0521. The van der Waals surface area contributed by atoms with Crippen LogP contribution in [0.5, 0.6) is 0 Å². The van der Waals surface area contributed by atoms with Gasteiger partial charge in [-0.15, -0.1) is 22.9 Å². The predicted octanol–water partition coefficient (Wildman–Crippen LogP) is 5.01. The predicted molar refractivity (Wildman–Crippen MR) is 77.3 cm³/mol. The van der Waals surface area contributed by atoms with E-state index in [2.05, 4.69) is 19.1 Å². The van der Waals surface area contributed by atoms with Gasteiger partial charge in [0.1, 0.15) is 5.82 Å². The maximum absolute atomic E-state index is 13.7. The average molecular weight is 283 g/mol. The van der Waals surface area contributed by atoms with E-state index < -0.39 is 0 Å². The van der Waals surface area contributed by atoms with E-state index in [9.17, 15) is 4.39 Å². The van der Waals surface area contributed by atoms with Gasteiger partial charge in [0.2, 0.25) is 0 Å². The zero-order valence-corrected chi connectivity index (χ0v) is 11.9. The van der Waals surface area contributed by atoms with Gasteiger partial charge in [0.25, 0.3) is 0 Å². The van der Waals surface area contributed by atoms with E-state index in [1.807, 2.05) is 12.1 Å². The monoisotopic (exact) mass is 282 g/mol. The minimum Gasteiger partial charge on any atom is -0.207 e. The Kier molecular flexibility index (Phi) is 4.79. The summed E-state index contributed by atoms with van der Waals surface area (Å²) in [6.07, 6.45) is 1.87. The first-order valence-corrected chi connectivity index (χ1v) is 7.47. The Balaban J connectivity index is 2.17. The fourth-order valence-corrected chi connectivity index (χ4v) is 3.33. The summed E-state index contributed by atoms with van der Waals surface area (Å²) >= 11 is 7.80. The van der Waals surface area contributed by atoms with E-state index in [0.29, 0.717) is 5.88 Å². The van der Waals surface area contributed by atoms with Crippen molar-refractivity contribution in [2.75, 3.05) is 5.88 Å². The standard InChI is InChI=1S/C15H16ClFS/c1-2-12-7-8-13(18-12)9-11(10-16)14-5-3-4-6-15(14)17/h3-8,11H,2,9-10H2,1H3. The highest BCUT2D eigenvalue weighted by molar-refractivity contribution is 7.11. The fraction of sp³-hybridized carbons (Fsp3) is 0.333. The number of benzene rings is 1. The summed E-state index contributed by atoms with van der Waals surface area (Å²) in [7, 11) is 0. The Morgan fingerprint density at radius 1 is 1.17 bits per heavy atom. The van der Waals surface area contributed by atoms with Crippen LogP contribution in [-0.2, 0) is 12.8 Å². The minimum atomic E-state index is -0.157. The quantitative estimate of drug-likeness (QED) is 0.676. The van der Waals surface area contributed by atoms with Crippen molar-refractivity contribution >= 4 is 22.9 Å². The summed E-state index contributed by atoms with van der Waals surface area (Å²) in [4.78, 5) is 2.65. The van der Waals surface area contributed by atoms with Crippen LogP contribution in [0, 0.1) is 5.82 Å². The van der Waals surface area contributed by atoms with E-state index in [-0.39, 0.29) is 11.7 Å². The van der Waals surface area contributed by atoms with Crippen molar-refractivity contribution in [3.63, 3.8) is 0 Å². The molecule has 0 saturated heterocycles. The molecule has 3 heteroatoms. The molecule has 0 fully saturated rings. The molecule has 18 heavy (non-hydrogen) atoms. The summed E-state index contributed by atoms with van der Waals surface area (Å²) in [5.41, 5.74) is 0.721. The lowest BCUT2D eigenvalue weighted by Crippen LogP contribution is -2.06. The molecule has 0 amide bonds. The smallest absolute Gasteiger partial charge is 0.126 e. The van der Waals surface area contributed by atoms with Crippen molar-refractivity contribution in [3.05, 3.63) is 57.5 Å². The van der Waals surface area contributed by atoms with Crippen LogP contribution in [0.3, 0.4) is 0 Å². The van der Waals surface area contributed by atoms with Gasteiger partial charge in [-0.2, -0.15) is 0 Å². The van der Waals surface area contributed by atoms with Crippen LogP contribution in [0.2, 0.25) is 0 Å². The third-order valence-corrected chi connectivity index (χ3v) is 4.67. The lowest BCUT2D eigenvalue weighted by molar-refractivity contribution is 0.590. The molecule has 1 aromatic heterocycles. The van der Waals surface area contributed by atoms with Crippen LogP contribution in [0.4, 0.5) is 4.39 Å². The largest absolute Gasteiger partial charge is 0.207 e. The summed E-state index contributed by atoms with van der Waals surface area (Å²) in [5.74, 6) is 0.340. The normalized spacial score (nSPS) is 12.6. The fourth-order valence-electron chi connectivity index (χ4n) is 2.02. The van der Waals surface area contributed by atoms with E-state index in [0.717, 1.165) is 18.4 Å². The van der Waals surface area contributed by atoms with Crippen LogP contribution < -0.4 is 0 Å². The van der Waals surface area contributed by atoms with Crippen molar-refractivity contribution < 1.29 is 4.39 Å². The molecule has 0 N–H and O–H groups in total. The molecule has 0 aliphatic carbocycles. The molecule has 1 unspecified atom stereocenters. The highest BCUT2D eigenvalue weighted by Gasteiger charge is 2.16. The van der Waals surface area contributed by atoms with Gasteiger partial charge in [-0.25, -0.2) is 4.39 Å². The third-order valence-electron chi connectivity index (χ3n) is 3.04. The molecule has 0 radical (unpaired) electrons. The zero-order chi connectivity index (χ0) is 13.0. The first-order chi connectivity index (χ1) is 8.74. The number of halogens is 2. The molecule has 1 aromatic carbocycles. The zero-order valence-electron chi connectivity index (χ0n) is 10.3. The molecule has 2 aromatic rings. The number of thiophene rings is 1. The van der Waals surface area contributed by atoms with Crippen LogP contribution in [0.25, 0.3) is 0 Å². The molecule has 2 rings (SSSR count). The van der Waals surface area contributed by atoms with Crippen LogP contribution in [-0.4, -0.2) is 5.88 Å². The number of hydrogen-bond acceptors (Lipinski definition) is 1. The Morgan fingerprint density at radius 2 is 1.89 bits per heavy atom. The van der Waals surface area contributed by atoms with Gasteiger partial charge in [0.15, 0.2) is 0 Å². The second-order valence-corrected chi connectivity index (χ2v) is 5.86. The van der Waals surface area contributed by atoms with Crippen molar-refractivity contribution in [2.24, 2.45) is 0 Å². The maximum Gasteiger partial charge on any atom is 0.126 e. The molecule has 0 spiro atoms. The lowest BCUT2D eigenvalue weighted by Gasteiger charge is -2.14. The van der Waals surface area contributed by atoms with E-state index >= 15 is 0 Å².